The Morgan fingerprint density at radius 2 is 1.71 bits per heavy atom. The van der Waals surface area contributed by atoms with E-state index >= 15 is 0 Å². The smallest absolute Gasteiger partial charge is 0.0967 e. The molecule has 0 unspecified atom stereocenters. The Morgan fingerprint density at radius 3 is 2.39 bits per heavy atom. The molecule has 0 amide bonds. The first-order valence-electron chi connectivity index (χ1n) is 8.66. The minimum Gasteiger partial charge on any atom is -0.428 e. The standard InChI is InChI=1S/C20H19Cl3N4O/c21-8-11-26(12-9-22)17-4-1-15(2-5-17)14-24-25-19-7-10-27(28)20-13-16(23)3-6-18(19)20/h1-7,10,13-14,28H,8-9,11-12H2/b24-14+,25-19?. The van der Waals surface area contributed by atoms with Gasteiger partial charge in [-0.2, -0.15) is 14.9 Å². The van der Waals surface area contributed by atoms with Gasteiger partial charge in [0.15, 0.2) is 0 Å². The molecule has 146 valence electrons. The van der Waals surface area contributed by atoms with Gasteiger partial charge in [-0.3, -0.25) is 0 Å². The summed E-state index contributed by atoms with van der Waals surface area (Å²) in [5, 5.41) is 20.3. The molecule has 1 N–H and O–H groups in total. The SMILES string of the molecule is On1ccc(=N/N=C/c2ccc(N(CCCl)CCCl)cc2)c2ccc(Cl)cc21. The topological polar surface area (TPSA) is 53.1 Å². The number of nitrogens with zero attached hydrogens (tertiary/aromatic N) is 4. The average Bonchev–Trinajstić information content (AvgIpc) is 2.70. The van der Waals surface area contributed by atoms with Crippen LogP contribution in [0.25, 0.3) is 10.9 Å². The van der Waals surface area contributed by atoms with Crippen LogP contribution < -0.4 is 10.3 Å². The summed E-state index contributed by atoms with van der Waals surface area (Å²) in [5.41, 5.74) is 2.55. The fourth-order valence-electron chi connectivity index (χ4n) is 2.81. The molecule has 0 bridgehead atoms. The molecule has 1 heterocycles. The highest BCUT2D eigenvalue weighted by Gasteiger charge is 2.05. The Bertz CT molecular complexity index is 1030. The predicted octanol–water partition coefficient (Wildman–Crippen LogP) is 4.75. The number of pyridine rings is 1. The minimum atomic E-state index is 0.536. The molecule has 3 rings (SSSR count). The molecule has 0 spiro atoms. The Hall–Kier alpha value is -2.21. The number of hydrogen-bond acceptors (Lipinski definition) is 4. The molecule has 0 fully saturated rings. The molecule has 0 saturated carbocycles. The maximum atomic E-state index is 9.93. The predicted molar refractivity (Wildman–Crippen MR) is 117 cm³/mol. The molecule has 0 aliphatic rings. The summed E-state index contributed by atoms with van der Waals surface area (Å²) in [5.74, 6) is 1.09. The molecule has 0 saturated heterocycles. The van der Waals surface area contributed by atoms with E-state index in [0.717, 1.165) is 34.5 Å². The van der Waals surface area contributed by atoms with Crippen molar-refractivity contribution in [1.82, 2.24) is 4.73 Å². The number of rotatable bonds is 7. The zero-order chi connectivity index (χ0) is 19.9. The first kappa shape index (κ1) is 20.5. The highest BCUT2D eigenvalue weighted by molar-refractivity contribution is 6.31. The molecule has 0 radical (unpaired) electrons. The van der Waals surface area contributed by atoms with Crippen LogP contribution in [0, 0.1) is 0 Å². The van der Waals surface area contributed by atoms with Gasteiger partial charge in [0.05, 0.1) is 17.1 Å². The summed E-state index contributed by atoms with van der Waals surface area (Å²) in [6.07, 6.45) is 3.18. The highest BCUT2D eigenvalue weighted by atomic mass is 35.5. The Balaban J connectivity index is 1.83. The van der Waals surface area contributed by atoms with E-state index in [0.29, 0.717) is 27.7 Å². The number of aromatic nitrogens is 1. The van der Waals surface area contributed by atoms with Crippen LogP contribution in [0.3, 0.4) is 0 Å². The molecule has 1 aromatic heterocycles. The maximum Gasteiger partial charge on any atom is 0.0967 e. The van der Waals surface area contributed by atoms with Crippen LogP contribution >= 0.6 is 34.8 Å². The number of alkyl halides is 2. The van der Waals surface area contributed by atoms with Crippen molar-refractivity contribution in [3.8, 4) is 0 Å². The molecular formula is C20H19Cl3N4O. The number of hydrogen-bond donors (Lipinski definition) is 1. The number of anilines is 1. The first-order chi connectivity index (χ1) is 13.6. The van der Waals surface area contributed by atoms with E-state index in [-0.39, 0.29) is 0 Å². The van der Waals surface area contributed by atoms with Crippen molar-refractivity contribution in [1.29, 1.82) is 0 Å². The average molecular weight is 438 g/mol. The van der Waals surface area contributed by atoms with Gasteiger partial charge in [0.1, 0.15) is 0 Å². The zero-order valence-electron chi connectivity index (χ0n) is 15.0. The lowest BCUT2D eigenvalue weighted by atomic mass is 10.2. The van der Waals surface area contributed by atoms with Gasteiger partial charge in [-0.05, 0) is 42.0 Å². The second-order valence-corrected chi connectivity index (χ2v) is 7.20. The van der Waals surface area contributed by atoms with E-state index in [9.17, 15) is 5.21 Å². The van der Waals surface area contributed by atoms with Crippen molar-refractivity contribution in [2.75, 3.05) is 29.7 Å². The van der Waals surface area contributed by atoms with E-state index in [1.54, 1.807) is 30.5 Å². The van der Waals surface area contributed by atoms with Crippen LogP contribution in [-0.2, 0) is 0 Å². The molecule has 0 atom stereocenters. The lowest BCUT2D eigenvalue weighted by Gasteiger charge is -2.22. The second kappa shape index (κ2) is 9.82. The van der Waals surface area contributed by atoms with Crippen molar-refractivity contribution in [2.24, 2.45) is 10.2 Å². The van der Waals surface area contributed by atoms with Crippen molar-refractivity contribution in [3.05, 3.63) is 70.7 Å². The third-order valence-corrected chi connectivity index (χ3v) is 4.77. The van der Waals surface area contributed by atoms with E-state index < -0.39 is 0 Å². The molecule has 5 nitrogen and oxygen atoms in total. The van der Waals surface area contributed by atoms with Gasteiger partial charge >= 0.3 is 0 Å². The van der Waals surface area contributed by atoms with Crippen molar-refractivity contribution in [2.45, 2.75) is 0 Å². The van der Waals surface area contributed by atoms with Crippen molar-refractivity contribution < 1.29 is 5.21 Å². The largest absolute Gasteiger partial charge is 0.428 e. The van der Waals surface area contributed by atoms with Crippen LogP contribution in [0.4, 0.5) is 5.69 Å². The summed E-state index contributed by atoms with van der Waals surface area (Å²) >= 11 is 17.7. The van der Waals surface area contributed by atoms with Crippen molar-refractivity contribution in [3.63, 3.8) is 0 Å². The third kappa shape index (κ3) is 4.98. The van der Waals surface area contributed by atoms with E-state index in [2.05, 4.69) is 15.1 Å². The number of benzene rings is 2. The summed E-state index contributed by atoms with van der Waals surface area (Å²) in [4.78, 5) is 2.14. The van der Waals surface area contributed by atoms with Crippen LogP contribution in [0.5, 0.6) is 0 Å². The molecule has 28 heavy (non-hydrogen) atoms. The maximum absolute atomic E-state index is 9.93. The zero-order valence-corrected chi connectivity index (χ0v) is 17.2. The van der Waals surface area contributed by atoms with E-state index in [4.69, 9.17) is 34.8 Å². The van der Waals surface area contributed by atoms with Gasteiger partial charge in [-0.1, -0.05) is 23.7 Å². The molecular weight excluding hydrogens is 419 g/mol. The van der Waals surface area contributed by atoms with Gasteiger partial charge in [-0.25, -0.2) is 0 Å². The first-order valence-corrected chi connectivity index (χ1v) is 10.1. The van der Waals surface area contributed by atoms with Crippen LogP contribution in [0.2, 0.25) is 5.02 Å². The summed E-state index contributed by atoms with van der Waals surface area (Å²) < 4.78 is 1.01. The van der Waals surface area contributed by atoms with E-state index in [1.165, 1.54) is 6.20 Å². The Labute approximate surface area is 178 Å². The highest BCUT2D eigenvalue weighted by Crippen LogP contribution is 2.16. The normalized spacial score (nSPS) is 12.2. The quantitative estimate of drug-likeness (QED) is 0.251. The molecule has 0 aliphatic carbocycles. The fraction of sp³-hybridized carbons (Fsp3) is 0.200. The third-order valence-electron chi connectivity index (χ3n) is 4.20. The monoisotopic (exact) mass is 436 g/mol. The summed E-state index contributed by atoms with van der Waals surface area (Å²) in [6.45, 7) is 1.49. The Morgan fingerprint density at radius 1 is 1.00 bits per heavy atom. The Kier molecular flexibility index (Phi) is 7.20. The minimum absolute atomic E-state index is 0.536. The van der Waals surface area contributed by atoms with Crippen LogP contribution in [0.1, 0.15) is 5.56 Å². The fourth-order valence-corrected chi connectivity index (χ4v) is 3.39. The van der Waals surface area contributed by atoms with Crippen LogP contribution in [0.15, 0.2) is 64.9 Å². The number of halogens is 3. The van der Waals surface area contributed by atoms with Crippen molar-refractivity contribution >= 4 is 57.6 Å². The van der Waals surface area contributed by atoms with Crippen LogP contribution in [-0.4, -0.2) is 41.0 Å². The lowest BCUT2D eigenvalue weighted by Crippen LogP contribution is -2.27. The van der Waals surface area contributed by atoms with E-state index in [1.807, 2.05) is 24.3 Å². The summed E-state index contributed by atoms with van der Waals surface area (Å²) in [6, 6.07) is 14.9. The molecule has 2 aromatic carbocycles. The summed E-state index contributed by atoms with van der Waals surface area (Å²) in [7, 11) is 0. The van der Waals surface area contributed by atoms with Gasteiger partial charge < -0.3 is 10.1 Å². The van der Waals surface area contributed by atoms with Gasteiger partial charge in [0.25, 0.3) is 0 Å². The molecule has 0 aliphatic heterocycles. The second-order valence-electron chi connectivity index (χ2n) is 6.01. The molecule has 8 heteroatoms. The lowest BCUT2D eigenvalue weighted by molar-refractivity contribution is 0.198. The van der Waals surface area contributed by atoms with Gasteiger partial charge in [0, 0.05) is 47.1 Å². The van der Waals surface area contributed by atoms with Gasteiger partial charge in [0.2, 0.25) is 0 Å². The number of fused-ring (bicyclic) bond motifs is 1. The molecule has 3 aromatic rings. The van der Waals surface area contributed by atoms with Gasteiger partial charge in [-0.15, -0.1) is 23.2 Å².